The van der Waals surface area contributed by atoms with Gasteiger partial charge in [-0.3, -0.25) is 4.79 Å². The summed E-state index contributed by atoms with van der Waals surface area (Å²) in [4.78, 5) is 23.0. The molecule has 0 atom stereocenters. The molecule has 0 radical (unpaired) electrons. The van der Waals surface area contributed by atoms with E-state index >= 15 is 0 Å². The van der Waals surface area contributed by atoms with Crippen molar-refractivity contribution in [2.75, 3.05) is 26.1 Å². The van der Waals surface area contributed by atoms with Gasteiger partial charge in [0.2, 0.25) is 0 Å². The molecular formula is C26H26N4O3. The molecule has 1 amide bonds. The standard InChI is InChI=1S/C26H26N4O3/c1-17-28-22-8-6-5-7-21(22)25(29-17)30(3)20-13-14-23(32-4)24(15-20)33-16-18-9-11-19(12-10-18)26(31)27-2/h5-15H,16H2,1-4H3,(H,27,31). The van der Waals surface area contributed by atoms with Crippen LogP contribution in [0, 0.1) is 6.92 Å². The number of aromatic nitrogens is 2. The first-order valence-electron chi connectivity index (χ1n) is 10.6. The van der Waals surface area contributed by atoms with Crippen LogP contribution < -0.4 is 19.7 Å². The summed E-state index contributed by atoms with van der Waals surface area (Å²) in [7, 11) is 5.20. The zero-order valence-electron chi connectivity index (χ0n) is 19.1. The van der Waals surface area contributed by atoms with E-state index in [4.69, 9.17) is 9.47 Å². The maximum Gasteiger partial charge on any atom is 0.251 e. The lowest BCUT2D eigenvalue weighted by molar-refractivity contribution is 0.0963. The van der Waals surface area contributed by atoms with E-state index in [0.717, 1.165) is 28.0 Å². The van der Waals surface area contributed by atoms with Crippen LogP contribution in [0.3, 0.4) is 0 Å². The number of hydrogen-bond acceptors (Lipinski definition) is 6. The number of para-hydroxylation sites is 1. The number of rotatable bonds is 7. The zero-order chi connectivity index (χ0) is 23.4. The number of carbonyl (C=O) groups is 1. The number of nitrogens with one attached hydrogen (secondary N) is 1. The average Bonchev–Trinajstić information content (AvgIpc) is 2.86. The lowest BCUT2D eigenvalue weighted by Crippen LogP contribution is -2.17. The topological polar surface area (TPSA) is 76.6 Å². The summed E-state index contributed by atoms with van der Waals surface area (Å²) in [6.45, 7) is 2.23. The number of methoxy groups -OCH3 is 1. The summed E-state index contributed by atoms with van der Waals surface area (Å²) in [5, 5.41) is 3.59. The minimum atomic E-state index is -0.118. The van der Waals surface area contributed by atoms with Crippen LogP contribution in [0.5, 0.6) is 11.5 Å². The molecule has 0 aliphatic rings. The molecule has 3 aromatic carbocycles. The number of nitrogens with zero attached hydrogens (tertiary/aromatic N) is 3. The first-order valence-corrected chi connectivity index (χ1v) is 10.6. The van der Waals surface area contributed by atoms with E-state index in [2.05, 4.69) is 15.3 Å². The molecule has 4 aromatic rings. The van der Waals surface area contributed by atoms with Crippen LogP contribution >= 0.6 is 0 Å². The van der Waals surface area contributed by atoms with Gasteiger partial charge in [0, 0.05) is 36.8 Å². The maximum absolute atomic E-state index is 11.7. The first-order chi connectivity index (χ1) is 16.0. The normalized spacial score (nSPS) is 10.7. The molecule has 0 saturated carbocycles. The third-order valence-electron chi connectivity index (χ3n) is 5.38. The number of fused-ring (bicyclic) bond motifs is 1. The van der Waals surface area contributed by atoms with Crippen LogP contribution in [-0.2, 0) is 6.61 Å². The van der Waals surface area contributed by atoms with Crippen LogP contribution in [-0.4, -0.2) is 37.1 Å². The Morgan fingerprint density at radius 2 is 1.76 bits per heavy atom. The summed E-state index contributed by atoms with van der Waals surface area (Å²) < 4.78 is 11.6. The van der Waals surface area contributed by atoms with Gasteiger partial charge in [0.05, 0.1) is 12.6 Å². The van der Waals surface area contributed by atoms with E-state index in [9.17, 15) is 4.79 Å². The molecule has 1 heterocycles. The molecule has 7 nitrogen and oxygen atoms in total. The molecule has 0 saturated heterocycles. The number of benzene rings is 3. The van der Waals surface area contributed by atoms with Gasteiger partial charge in [-0.25, -0.2) is 9.97 Å². The predicted octanol–water partition coefficient (Wildman–Crippen LogP) is 4.65. The zero-order valence-corrected chi connectivity index (χ0v) is 19.1. The second-order valence-electron chi connectivity index (χ2n) is 7.57. The highest BCUT2D eigenvalue weighted by Crippen LogP contribution is 2.35. The molecule has 168 valence electrons. The SMILES string of the molecule is CNC(=O)c1ccc(COc2cc(N(C)c3nc(C)nc4ccccc34)ccc2OC)cc1. The Bertz CT molecular complexity index is 1290. The average molecular weight is 443 g/mol. The largest absolute Gasteiger partial charge is 0.493 e. The van der Waals surface area contributed by atoms with Gasteiger partial charge in [-0.2, -0.15) is 0 Å². The van der Waals surface area contributed by atoms with Crippen LogP contribution in [0.2, 0.25) is 0 Å². The van der Waals surface area contributed by atoms with Crippen LogP contribution in [0.15, 0.2) is 66.7 Å². The number of amides is 1. The van der Waals surface area contributed by atoms with Gasteiger partial charge in [-0.15, -0.1) is 0 Å². The second-order valence-corrected chi connectivity index (χ2v) is 7.57. The van der Waals surface area contributed by atoms with Gasteiger partial charge in [-0.1, -0.05) is 24.3 Å². The van der Waals surface area contributed by atoms with E-state index in [0.29, 0.717) is 29.5 Å². The van der Waals surface area contributed by atoms with Crippen molar-refractivity contribution in [3.8, 4) is 11.5 Å². The highest BCUT2D eigenvalue weighted by Gasteiger charge is 2.15. The molecule has 0 aliphatic heterocycles. The van der Waals surface area contributed by atoms with Crippen molar-refractivity contribution in [2.45, 2.75) is 13.5 Å². The molecule has 0 bridgehead atoms. The fourth-order valence-electron chi connectivity index (χ4n) is 3.60. The van der Waals surface area contributed by atoms with Crippen molar-refractivity contribution in [3.05, 3.63) is 83.7 Å². The Morgan fingerprint density at radius 3 is 2.48 bits per heavy atom. The monoisotopic (exact) mass is 442 g/mol. The van der Waals surface area contributed by atoms with E-state index in [1.165, 1.54) is 0 Å². The first kappa shape index (κ1) is 22.1. The molecule has 1 aromatic heterocycles. The molecule has 7 heteroatoms. The van der Waals surface area contributed by atoms with Gasteiger partial charge in [0.25, 0.3) is 5.91 Å². The molecule has 0 spiro atoms. The Kier molecular flexibility index (Phi) is 6.40. The minimum Gasteiger partial charge on any atom is -0.493 e. The molecule has 1 N–H and O–H groups in total. The summed E-state index contributed by atoms with van der Waals surface area (Å²) in [5.74, 6) is 2.66. The van der Waals surface area contributed by atoms with E-state index in [1.54, 1.807) is 26.3 Å². The molecule has 0 fully saturated rings. The molecule has 33 heavy (non-hydrogen) atoms. The highest BCUT2D eigenvalue weighted by atomic mass is 16.5. The maximum atomic E-state index is 11.7. The third-order valence-corrected chi connectivity index (χ3v) is 5.38. The summed E-state index contributed by atoms with van der Waals surface area (Å²) in [6.07, 6.45) is 0. The fraction of sp³-hybridized carbons (Fsp3) is 0.192. The molecule has 0 aliphatic carbocycles. The Balaban J connectivity index is 1.60. The third kappa shape index (κ3) is 4.72. The van der Waals surface area contributed by atoms with E-state index in [1.807, 2.05) is 73.5 Å². The summed E-state index contributed by atoms with van der Waals surface area (Å²) in [5.41, 5.74) is 3.36. The lowest BCUT2D eigenvalue weighted by Gasteiger charge is -2.22. The molecule has 0 unspecified atom stereocenters. The Hall–Kier alpha value is -4.13. The summed E-state index contributed by atoms with van der Waals surface area (Å²) in [6, 6.07) is 21.1. The van der Waals surface area contributed by atoms with Crippen LogP contribution in [0.1, 0.15) is 21.7 Å². The van der Waals surface area contributed by atoms with Crippen molar-refractivity contribution in [1.82, 2.24) is 15.3 Å². The lowest BCUT2D eigenvalue weighted by atomic mass is 10.1. The number of ether oxygens (including phenoxy) is 2. The van der Waals surface area contributed by atoms with E-state index in [-0.39, 0.29) is 5.91 Å². The van der Waals surface area contributed by atoms with Crippen molar-refractivity contribution < 1.29 is 14.3 Å². The Labute approximate surface area is 193 Å². The number of carbonyl (C=O) groups excluding carboxylic acids is 1. The van der Waals surface area contributed by atoms with Crippen LogP contribution in [0.4, 0.5) is 11.5 Å². The van der Waals surface area contributed by atoms with Gasteiger partial charge in [0.15, 0.2) is 11.5 Å². The van der Waals surface area contributed by atoms with E-state index < -0.39 is 0 Å². The quantitative estimate of drug-likeness (QED) is 0.449. The minimum absolute atomic E-state index is 0.118. The number of hydrogen-bond donors (Lipinski definition) is 1. The van der Waals surface area contributed by atoms with Crippen molar-refractivity contribution in [2.24, 2.45) is 0 Å². The predicted molar refractivity (Wildman–Crippen MR) is 129 cm³/mol. The fourth-order valence-corrected chi connectivity index (χ4v) is 3.60. The summed E-state index contributed by atoms with van der Waals surface area (Å²) >= 11 is 0. The van der Waals surface area contributed by atoms with Gasteiger partial charge in [-0.05, 0) is 48.9 Å². The van der Waals surface area contributed by atoms with Gasteiger partial charge < -0.3 is 19.7 Å². The van der Waals surface area contributed by atoms with Gasteiger partial charge >= 0.3 is 0 Å². The smallest absolute Gasteiger partial charge is 0.251 e. The van der Waals surface area contributed by atoms with Crippen LogP contribution in [0.25, 0.3) is 10.9 Å². The number of aryl methyl sites for hydroxylation is 1. The van der Waals surface area contributed by atoms with Crippen molar-refractivity contribution in [3.63, 3.8) is 0 Å². The highest BCUT2D eigenvalue weighted by molar-refractivity contribution is 5.94. The van der Waals surface area contributed by atoms with Gasteiger partial charge in [0.1, 0.15) is 18.2 Å². The second kappa shape index (κ2) is 9.56. The Morgan fingerprint density at radius 1 is 1.00 bits per heavy atom. The molecule has 4 rings (SSSR count). The van der Waals surface area contributed by atoms with Crippen molar-refractivity contribution >= 4 is 28.3 Å². The molecular weight excluding hydrogens is 416 g/mol. The number of anilines is 2. The van der Waals surface area contributed by atoms with Crippen molar-refractivity contribution in [1.29, 1.82) is 0 Å².